The largest absolute Gasteiger partial charge is 0.377 e. The highest BCUT2D eigenvalue weighted by atomic mass is 79.9. The van der Waals surface area contributed by atoms with Crippen molar-refractivity contribution in [3.05, 3.63) is 16.7 Å². The minimum absolute atomic E-state index is 0.0347. The van der Waals surface area contributed by atoms with Crippen LogP contribution in [0.1, 0.15) is 19.8 Å². The Bertz CT molecular complexity index is 559. The van der Waals surface area contributed by atoms with Crippen molar-refractivity contribution in [1.29, 1.82) is 0 Å². The van der Waals surface area contributed by atoms with Crippen LogP contribution in [0.2, 0.25) is 0 Å². The minimum Gasteiger partial charge on any atom is -0.377 e. The summed E-state index contributed by atoms with van der Waals surface area (Å²) in [5.41, 5.74) is 0. The third-order valence-electron chi connectivity index (χ3n) is 2.98. The molecule has 8 heteroatoms. The van der Waals surface area contributed by atoms with Crippen LogP contribution < -0.4 is 10.0 Å². The van der Waals surface area contributed by atoms with E-state index in [1.54, 1.807) is 12.3 Å². The topological polar surface area (TPSA) is 80.3 Å². The molecule has 6 nitrogen and oxygen atoms in total. The highest BCUT2D eigenvalue weighted by Gasteiger charge is 2.23. The molecule has 2 rings (SSSR count). The molecule has 1 fully saturated rings. The molecule has 1 saturated heterocycles. The van der Waals surface area contributed by atoms with E-state index in [2.05, 4.69) is 31.0 Å². The molecule has 1 atom stereocenters. The van der Waals surface area contributed by atoms with E-state index in [9.17, 15) is 8.42 Å². The van der Waals surface area contributed by atoms with Crippen molar-refractivity contribution in [2.45, 2.75) is 30.8 Å². The maximum absolute atomic E-state index is 12.4. The number of nitrogens with one attached hydrogen (secondary N) is 2. The van der Waals surface area contributed by atoms with Gasteiger partial charge in [0.25, 0.3) is 0 Å². The zero-order valence-corrected chi connectivity index (χ0v) is 13.6. The number of hydrogen-bond acceptors (Lipinski definition) is 5. The highest BCUT2D eigenvalue weighted by Crippen LogP contribution is 2.23. The molecule has 112 valence electrons. The van der Waals surface area contributed by atoms with Gasteiger partial charge in [-0.1, -0.05) is 0 Å². The Kier molecular flexibility index (Phi) is 5.36. The highest BCUT2D eigenvalue weighted by molar-refractivity contribution is 9.10. The molecule has 1 aliphatic heterocycles. The lowest BCUT2D eigenvalue weighted by molar-refractivity contribution is 0.114. The van der Waals surface area contributed by atoms with Gasteiger partial charge in [-0.2, -0.15) is 0 Å². The number of rotatable bonds is 6. The summed E-state index contributed by atoms with van der Waals surface area (Å²) in [6, 6.07) is 1.54. The molecule has 1 aliphatic rings. The van der Waals surface area contributed by atoms with Crippen molar-refractivity contribution in [2.24, 2.45) is 0 Å². The van der Waals surface area contributed by atoms with Gasteiger partial charge in [-0.05, 0) is 41.8 Å². The molecule has 0 bridgehead atoms. The van der Waals surface area contributed by atoms with Crippen LogP contribution in [0.5, 0.6) is 0 Å². The van der Waals surface area contributed by atoms with Crippen molar-refractivity contribution in [3.63, 3.8) is 0 Å². The van der Waals surface area contributed by atoms with Gasteiger partial charge < -0.3 is 10.1 Å². The van der Waals surface area contributed by atoms with Crippen LogP contribution in [-0.4, -0.2) is 39.2 Å². The van der Waals surface area contributed by atoms with Crippen molar-refractivity contribution in [2.75, 3.05) is 25.0 Å². The van der Waals surface area contributed by atoms with E-state index in [1.165, 1.54) is 0 Å². The second-order valence-electron chi connectivity index (χ2n) is 4.52. The molecule has 1 aromatic rings. The summed E-state index contributed by atoms with van der Waals surface area (Å²) >= 11 is 3.25. The van der Waals surface area contributed by atoms with E-state index in [0.29, 0.717) is 30.0 Å². The van der Waals surface area contributed by atoms with E-state index in [4.69, 9.17) is 4.74 Å². The number of hydrogen-bond donors (Lipinski definition) is 2. The standard InChI is InChI=1S/C12H18BrN3O3S/c1-2-14-12-11(6-9(13)7-15-12)20(17,18)16-8-10-4-3-5-19-10/h6-7,10,16H,2-5,8H2,1H3,(H,14,15). The summed E-state index contributed by atoms with van der Waals surface area (Å²) in [5, 5.41) is 2.96. The number of aromatic nitrogens is 1. The fraction of sp³-hybridized carbons (Fsp3) is 0.583. The third kappa shape index (κ3) is 3.91. The Morgan fingerprint density at radius 3 is 3.00 bits per heavy atom. The molecular formula is C12H18BrN3O3S. The molecule has 0 saturated carbocycles. The maximum atomic E-state index is 12.4. The predicted molar refractivity (Wildman–Crippen MR) is 80.3 cm³/mol. The molecule has 1 unspecified atom stereocenters. The molecule has 2 heterocycles. The molecule has 1 aromatic heterocycles. The minimum atomic E-state index is -3.61. The van der Waals surface area contributed by atoms with Gasteiger partial charge in [-0.25, -0.2) is 18.1 Å². The van der Waals surface area contributed by atoms with Gasteiger partial charge in [0, 0.05) is 30.4 Å². The second kappa shape index (κ2) is 6.84. The van der Waals surface area contributed by atoms with Crippen LogP contribution >= 0.6 is 15.9 Å². The summed E-state index contributed by atoms with van der Waals surface area (Å²) in [6.07, 6.45) is 3.40. The molecule has 0 aliphatic carbocycles. The van der Waals surface area contributed by atoms with Crippen LogP contribution in [0.4, 0.5) is 5.82 Å². The molecule has 2 N–H and O–H groups in total. The summed E-state index contributed by atoms with van der Waals surface area (Å²) < 4.78 is 33.4. The van der Waals surface area contributed by atoms with Crippen LogP contribution in [0, 0.1) is 0 Å². The number of anilines is 1. The first-order valence-electron chi connectivity index (χ1n) is 6.53. The SMILES string of the molecule is CCNc1ncc(Br)cc1S(=O)(=O)NCC1CCCO1. The third-order valence-corrected chi connectivity index (χ3v) is 4.85. The van der Waals surface area contributed by atoms with Gasteiger partial charge in [0.15, 0.2) is 0 Å². The molecule has 0 radical (unpaired) electrons. The zero-order chi connectivity index (χ0) is 14.6. The van der Waals surface area contributed by atoms with Gasteiger partial charge in [0.2, 0.25) is 10.0 Å². The zero-order valence-electron chi connectivity index (χ0n) is 11.2. The Hall–Kier alpha value is -0.700. The first kappa shape index (κ1) is 15.7. The summed E-state index contributed by atoms with van der Waals surface area (Å²) in [4.78, 5) is 4.25. The van der Waals surface area contributed by atoms with Crippen molar-refractivity contribution in [3.8, 4) is 0 Å². The van der Waals surface area contributed by atoms with Gasteiger partial charge >= 0.3 is 0 Å². The van der Waals surface area contributed by atoms with Crippen molar-refractivity contribution in [1.82, 2.24) is 9.71 Å². The van der Waals surface area contributed by atoms with Gasteiger partial charge in [-0.3, -0.25) is 0 Å². The number of pyridine rings is 1. The number of nitrogens with zero attached hydrogens (tertiary/aromatic N) is 1. The number of ether oxygens (including phenoxy) is 1. The van der Waals surface area contributed by atoms with E-state index in [-0.39, 0.29) is 11.0 Å². The number of halogens is 1. The van der Waals surface area contributed by atoms with Crippen LogP contribution in [0.25, 0.3) is 0 Å². The predicted octanol–water partition coefficient (Wildman–Crippen LogP) is 1.73. The molecule has 20 heavy (non-hydrogen) atoms. The average molecular weight is 364 g/mol. The molecule has 0 spiro atoms. The summed E-state index contributed by atoms with van der Waals surface area (Å²) in [5.74, 6) is 0.357. The average Bonchev–Trinajstić information content (AvgIpc) is 2.92. The Morgan fingerprint density at radius 1 is 1.55 bits per heavy atom. The number of sulfonamides is 1. The first-order chi connectivity index (χ1) is 9.53. The molecule has 0 aromatic carbocycles. The molecule has 0 amide bonds. The van der Waals surface area contributed by atoms with E-state index < -0.39 is 10.0 Å². The first-order valence-corrected chi connectivity index (χ1v) is 8.81. The van der Waals surface area contributed by atoms with Crippen LogP contribution in [0.3, 0.4) is 0 Å². The van der Waals surface area contributed by atoms with E-state index >= 15 is 0 Å². The summed E-state index contributed by atoms with van der Waals surface area (Å²) in [6.45, 7) is 3.48. The fourth-order valence-electron chi connectivity index (χ4n) is 2.01. The van der Waals surface area contributed by atoms with Gasteiger partial charge in [0.05, 0.1) is 6.10 Å². The lowest BCUT2D eigenvalue weighted by Crippen LogP contribution is -2.32. The van der Waals surface area contributed by atoms with Gasteiger partial charge in [-0.15, -0.1) is 0 Å². The normalized spacial score (nSPS) is 19.2. The lowest BCUT2D eigenvalue weighted by Gasteiger charge is -2.14. The van der Waals surface area contributed by atoms with Crippen LogP contribution in [-0.2, 0) is 14.8 Å². The smallest absolute Gasteiger partial charge is 0.244 e. The van der Waals surface area contributed by atoms with E-state index in [1.807, 2.05) is 6.92 Å². The lowest BCUT2D eigenvalue weighted by atomic mass is 10.2. The van der Waals surface area contributed by atoms with Crippen molar-refractivity contribution < 1.29 is 13.2 Å². The molecular weight excluding hydrogens is 346 g/mol. The second-order valence-corrected chi connectivity index (χ2v) is 7.17. The Morgan fingerprint density at radius 2 is 2.35 bits per heavy atom. The quantitative estimate of drug-likeness (QED) is 0.804. The fourth-order valence-corrected chi connectivity index (χ4v) is 3.72. The van der Waals surface area contributed by atoms with Gasteiger partial charge in [0.1, 0.15) is 10.7 Å². The maximum Gasteiger partial charge on any atom is 0.244 e. The van der Waals surface area contributed by atoms with E-state index in [0.717, 1.165) is 12.8 Å². The Labute approximate surface area is 127 Å². The monoisotopic (exact) mass is 363 g/mol. The summed E-state index contributed by atoms with van der Waals surface area (Å²) in [7, 11) is -3.61. The van der Waals surface area contributed by atoms with Crippen molar-refractivity contribution >= 4 is 31.8 Å². The van der Waals surface area contributed by atoms with Crippen LogP contribution in [0.15, 0.2) is 21.6 Å². The Balaban J connectivity index is 2.16.